The second-order valence-corrected chi connectivity index (χ2v) is 5.19. The Kier molecular flexibility index (Phi) is 4.57. The highest BCUT2D eigenvalue weighted by atomic mass is 35.5. The molecule has 0 saturated carbocycles. The van der Waals surface area contributed by atoms with Gasteiger partial charge in [-0.3, -0.25) is 0 Å². The molecule has 0 heterocycles. The average Bonchev–Trinajstić information content (AvgIpc) is 2.41. The first-order valence-electron chi connectivity index (χ1n) is 5.95. The van der Waals surface area contributed by atoms with E-state index in [-0.39, 0.29) is 23.2 Å². The maximum absolute atomic E-state index is 13.8. The van der Waals surface area contributed by atoms with E-state index in [0.29, 0.717) is 16.1 Å². The molecule has 0 aliphatic heterocycles. The van der Waals surface area contributed by atoms with Gasteiger partial charge >= 0.3 is 0 Å². The molecule has 0 aliphatic carbocycles. The number of hydrogen-bond donors (Lipinski definition) is 1. The normalized spacial score (nSPS) is 10.3. The molecule has 2 rings (SSSR count). The van der Waals surface area contributed by atoms with Crippen LogP contribution in [0.25, 0.3) is 0 Å². The molecule has 2 N–H and O–H groups in total. The molecule has 0 aliphatic rings. The minimum absolute atomic E-state index is 0.177. The van der Waals surface area contributed by atoms with Gasteiger partial charge < -0.3 is 10.5 Å². The fourth-order valence-electron chi connectivity index (χ4n) is 1.71. The number of nitrogens with two attached hydrogens (primary N) is 1. The van der Waals surface area contributed by atoms with E-state index < -0.39 is 0 Å². The van der Waals surface area contributed by atoms with Gasteiger partial charge in [-0.25, -0.2) is 4.39 Å². The third-order valence-electron chi connectivity index (χ3n) is 2.88. The molecule has 0 amide bonds. The molecule has 0 atom stereocenters. The molecule has 2 nitrogen and oxygen atoms in total. The fourth-order valence-corrected chi connectivity index (χ4v) is 2.07. The predicted octanol–water partition coefficient (Wildman–Crippen LogP) is 4.00. The first-order chi connectivity index (χ1) is 9.49. The van der Waals surface area contributed by atoms with Gasteiger partial charge in [-0.15, -0.1) is 0 Å². The Morgan fingerprint density at radius 3 is 2.75 bits per heavy atom. The molecule has 104 valence electrons. The van der Waals surface area contributed by atoms with Gasteiger partial charge in [-0.05, 0) is 24.6 Å². The summed E-state index contributed by atoms with van der Waals surface area (Å²) in [5, 5.41) is 0.489. The van der Waals surface area contributed by atoms with Gasteiger partial charge in [0.05, 0.1) is 0 Å². The smallest absolute Gasteiger partial charge is 0.167 e. The lowest BCUT2D eigenvalue weighted by molar-refractivity contribution is 0.289. The summed E-state index contributed by atoms with van der Waals surface area (Å²) in [4.78, 5) is 0.282. The van der Waals surface area contributed by atoms with Crippen molar-refractivity contribution in [2.45, 2.75) is 13.5 Å². The molecule has 2 aromatic rings. The highest BCUT2D eigenvalue weighted by molar-refractivity contribution is 7.80. The molecule has 5 heteroatoms. The zero-order valence-corrected chi connectivity index (χ0v) is 12.4. The SMILES string of the molecule is Cc1cccc(OCc2ccc(C(N)=S)cc2Cl)c1F. The Morgan fingerprint density at radius 1 is 1.35 bits per heavy atom. The molecule has 0 spiro atoms. The number of aryl methyl sites for hydroxylation is 1. The van der Waals surface area contributed by atoms with Gasteiger partial charge in [0.15, 0.2) is 11.6 Å². The van der Waals surface area contributed by atoms with Crippen LogP contribution in [-0.2, 0) is 6.61 Å². The molecule has 2 aromatic carbocycles. The summed E-state index contributed by atoms with van der Waals surface area (Å²) in [6.45, 7) is 1.86. The van der Waals surface area contributed by atoms with Crippen LogP contribution in [0.4, 0.5) is 4.39 Å². The molecule has 0 fully saturated rings. The summed E-state index contributed by atoms with van der Waals surface area (Å²) in [5.41, 5.74) is 7.50. The number of halogens is 2. The van der Waals surface area contributed by atoms with Crippen LogP contribution in [0.5, 0.6) is 5.75 Å². The zero-order valence-electron chi connectivity index (χ0n) is 10.8. The van der Waals surface area contributed by atoms with Gasteiger partial charge in [0, 0.05) is 16.1 Å². The topological polar surface area (TPSA) is 35.2 Å². The third kappa shape index (κ3) is 3.26. The quantitative estimate of drug-likeness (QED) is 0.867. The highest BCUT2D eigenvalue weighted by Gasteiger charge is 2.08. The van der Waals surface area contributed by atoms with E-state index >= 15 is 0 Å². The largest absolute Gasteiger partial charge is 0.486 e. The summed E-state index contributed by atoms with van der Waals surface area (Å²) < 4.78 is 19.2. The van der Waals surface area contributed by atoms with Crippen molar-refractivity contribution in [2.24, 2.45) is 5.73 Å². The Bertz CT molecular complexity index is 660. The van der Waals surface area contributed by atoms with Crippen molar-refractivity contribution in [2.75, 3.05) is 0 Å². The lowest BCUT2D eigenvalue weighted by Gasteiger charge is -2.10. The lowest BCUT2D eigenvalue weighted by atomic mass is 10.1. The number of hydrogen-bond acceptors (Lipinski definition) is 2. The average molecular weight is 310 g/mol. The van der Waals surface area contributed by atoms with Gasteiger partial charge in [-0.2, -0.15) is 0 Å². The molecule has 0 radical (unpaired) electrons. The maximum atomic E-state index is 13.8. The van der Waals surface area contributed by atoms with Gasteiger partial charge in [-0.1, -0.05) is 48.1 Å². The van der Waals surface area contributed by atoms with Crippen LogP contribution in [0.3, 0.4) is 0 Å². The van der Waals surface area contributed by atoms with E-state index in [2.05, 4.69) is 0 Å². The van der Waals surface area contributed by atoms with Crippen LogP contribution in [0.2, 0.25) is 5.02 Å². The van der Waals surface area contributed by atoms with Crippen LogP contribution in [-0.4, -0.2) is 4.99 Å². The molecule has 0 saturated heterocycles. The van der Waals surface area contributed by atoms with E-state index in [4.69, 9.17) is 34.3 Å². The first-order valence-corrected chi connectivity index (χ1v) is 6.74. The molecule has 20 heavy (non-hydrogen) atoms. The lowest BCUT2D eigenvalue weighted by Crippen LogP contribution is -2.09. The number of thiocarbonyl (C=S) groups is 1. The van der Waals surface area contributed by atoms with Crippen molar-refractivity contribution in [1.82, 2.24) is 0 Å². The van der Waals surface area contributed by atoms with E-state index in [0.717, 1.165) is 5.56 Å². The molecule has 0 bridgehead atoms. The second-order valence-electron chi connectivity index (χ2n) is 4.35. The summed E-state index contributed by atoms with van der Waals surface area (Å²) in [5.74, 6) is -0.150. The molecule has 0 aromatic heterocycles. The van der Waals surface area contributed by atoms with E-state index in [1.54, 1.807) is 43.3 Å². The van der Waals surface area contributed by atoms with Gasteiger partial charge in [0.2, 0.25) is 0 Å². The van der Waals surface area contributed by atoms with Crippen LogP contribution in [0.1, 0.15) is 16.7 Å². The van der Waals surface area contributed by atoms with E-state index in [1.165, 1.54) is 0 Å². The number of benzene rings is 2. The van der Waals surface area contributed by atoms with Crippen molar-refractivity contribution in [3.63, 3.8) is 0 Å². The Hall–Kier alpha value is -1.65. The molecular weight excluding hydrogens is 297 g/mol. The van der Waals surface area contributed by atoms with E-state index in [9.17, 15) is 4.39 Å². The van der Waals surface area contributed by atoms with Crippen LogP contribution >= 0.6 is 23.8 Å². The summed E-state index contributed by atoms with van der Waals surface area (Å²) in [7, 11) is 0. The Morgan fingerprint density at radius 2 is 2.10 bits per heavy atom. The predicted molar refractivity (Wildman–Crippen MR) is 82.8 cm³/mol. The summed E-state index contributed by atoms with van der Waals surface area (Å²) in [6, 6.07) is 10.2. The molecule has 0 unspecified atom stereocenters. The first kappa shape index (κ1) is 14.8. The fraction of sp³-hybridized carbons (Fsp3) is 0.133. The summed E-state index contributed by atoms with van der Waals surface area (Å²) >= 11 is 11.0. The van der Waals surface area contributed by atoms with Crippen molar-refractivity contribution in [3.05, 3.63) is 63.9 Å². The van der Waals surface area contributed by atoms with Crippen LogP contribution < -0.4 is 10.5 Å². The van der Waals surface area contributed by atoms with Gasteiger partial charge in [0.25, 0.3) is 0 Å². The Labute approximate surface area is 127 Å². The van der Waals surface area contributed by atoms with Crippen LogP contribution in [0.15, 0.2) is 36.4 Å². The summed E-state index contributed by atoms with van der Waals surface area (Å²) in [6.07, 6.45) is 0. The number of rotatable bonds is 4. The third-order valence-corrected chi connectivity index (χ3v) is 3.46. The van der Waals surface area contributed by atoms with Crippen molar-refractivity contribution in [3.8, 4) is 5.75 Å². The van der Waals surface area contributed by atoms with E-state index in [1.807, 2.05) is 0 Å². The maximum Gasteiger partial charge on any atom is 0.167 e. The monoisotopic (exact) mass is 309 g/mol. The van der Waals surface area contributed by atoms with Crippen molar-refractivity contribution >= 4 is 28.8 Å². The minimum atomic E-state index is -0.358. The zero-order chi connectivity index (χ0) is 14.7. The molecular formula is C15H13ClFNOS. The second kappa shape index (κ2) is 6.20. The van der Waals surface area contributed by atoms with Gasteiger partial charge in [0.1, 0.15) is 11.6 Å². The highest BCUT2D eigenvalue weighted by Crippen LogP contribution is 2.23. The van der Waals surface area contributed by atoms with Crippen molar-refractivity contribution in [1.29, 1.82) is 0 Å². The Balaban J connectivity index is 2.15. The minimum Gasteiger partial charge on any atom is -0.486 e. The number of ether oxygens (including phenoxy) is 1. The van der Waals surface area contributed by atoms with Crippen LogP contribution in [0, 0.1) is 12.7 Å². The standard InChI is InChI=1S/C15H13ClFNOS/c1-9-3-2-4-13(14(9)17)19-8-11-6-5-10(15(18)20)7-12(11)16/h2-7H,8H2,1H3,(H2,18,20). The van der Waals surface area contributed by atoms with Crippen molar-refractivity contribution < 1.29 is 9.13 Å².